The maximum atomic E-state index is 11.5. The van der Waals surface area contributed by atoms with Gasteiger partial charge in [0.2, 0.25) is 0 Å². The van der Waals surface area contributed by atoms with Crippen LogP contribution in [-0.4, -0.2) is 19.7 Å². The fraction of sp³-hybridized carbons (Fsp3) is 0.167. The van der Waals surface area contributed by atoms with Crippen LogP contribution in [0.2, 0.25) is 0 Å². The molecule has 0 aliphatic heterocycles. The number of hydrogen-bond donors (Lipinski definition) is 2. The number of nitrogens with two attached hydrogens (primary N) is 1. The molecule has 0 saturated heterocycles. The third-order valence-corrected chi connectivity index (χ3v) is 3.00. The minimum Gasteiger partial charge on any atom is -0.495 e. The molecule has 0 bridgehead atoms. The SMILES string of the molecule is COc1cc(C#CCNC(=O)OCc2ccccc2)ccc1N. The topological polar surface area (TPSA) is 73.6 Å². The van der Waals surface area contributed by atoms with Crippen molar-refractivity contribution in [2.75, 3.05) is 19.4 Å². The Labute approximate surface area is 135 Å². The molecule has 0 heterocycles. The van der Waals surface area contributed by atoms with Gasteiger partial charge in [-0.05, 0) is 23.8 Å². The molecule has 0 aromatic heterocycles. The minimum atomic E-state index is -0.502. The van der Waals surface area contributed by atoms with Crippen LogP contribution in [0, 0.1) is 11.8 Å². The van der Waals surface area contributed by atoms with Gasteiger partial charge in [0.1, 0.15) is 12.4 Å². The highest BCUT2D eigenvalue weighted by Crippen LogP contribution is 2.21. The van der Waals surface area contributed by atoms with Crippen molar-refractivity contribution in [2.24, 2.45) is 0 Å². The van der Waals surface area contributed by atoms with Gasteiger partial charge in [0.25, 0.3) is 0 Å². The molecule has 118 valence electrons. The minimum absolute atomic E-state index is 0.195. The molecular formula is C18H18N2O3. The maximum Gasteiger partial charge on any atom is 0.408 e. The van der Waals surface area contributed by atoms with Crippen molar-refractivity contribution in [3.8, 4) is 17.6 Å². The Hall–Kier alpha value is -3.13. The molecule has 23 heavy (non-hydrogen) atoms. The highest BCUT2D eigenvalue weighted by atomic mass is 16.5. The zero-order chi connectivity index (χ0) is 16.5. The lowest BCUT2D eigenvalue weighted by Gasteiger charge is -2.04. The van der Waals surface area contributed by atoms with E-state index in [2.05, 4.69) is 17.2 Å². The number of ether oxygens (including phenoxy) is 2. The summed E-state index contributed by atoms with van der Waals surface area (Å²) in [5, 5.41) is 2.57. The predicted molar refractivity (Wildman–Crippen MR) is 88.9 cm³/mol. The summed E-state index contributed by atoms with van der Waals surface area (Å²) >= 11 is 0. The van der Waals surface area contributed by atoms with Crippen molar-refractivity contribution in [1.29, 1.82) is 0 Å². The molecule has 0 unspecified atom stereocenters. The Morgan fingerprint density at radius 3 is 2.74 bits per heavy atom. The van der Waals surface area contributed by atoms with E-state index in [0.717, 1.165) is 11.1 Å². The van der Waals surface area contributed by atoms with Gasteiger partial charge in [0.05, 0.1) is 19.3 Å². The summed E-state index contributed by atoms with van der Waals surface area (Å²) in [6, 6.07) is 14.7. The van der Waals surface area contributed by atoms with Gasteiger partial charge in [0, 0.05) is 5.56 Å². The first-order valence-corrected chi connectivity index (χ1v) is 7.06. The fourth-order valence-electron chi connectivity index (χ4n) is 1.83. The molecule has 2 aromatic rings. The molecule has 0 radical (unpaired) electrons. The smallest absolute Gasteiger partial charge is 0.408 e. The van der Waals surface area contributed by atoms with E-state index in [9.17, 15) is 4.79 Å². The Morgan fingerprint density at radius 2 is 2.00 bits per heavy atom. The van der Waals surface area contributed by atoms with Gasteiger partial charge in [-0.3, -0.25) is 0 Å². The van der Waals surface area contributed by atoms with Gasteiger partial charge in [0.15, 0.2) is 0 Å². The lowest BCUT2D eigenvalue weighted by atomic mass is 10.2. The normalized spacial score (nSPS) is 9.43. The number of hydrogen-bond acceptors (Lipinski definition) is 4. The first-order valence-electron chi connectivity index (χ1n) is 7.06. The summed E-state index contributed by atoms with van der Waals surface area (Å²) in [5.41, 5.74) is 7.98. The summed E-state index contributed by atoms with van der Waals surface area (Å²) in [5.74, 6) is 6.34. The predicted octanol–water partition coefficient (Wildman–Crippen LogP) is 2.56. The zero-order valence-corrected chi connectivity index (χ0v) is 12.8. The number of nitrogen functional groups attached to an aromatic ring is 1. The average molecular weight is 310 g/mol. The highest BCUT2D eigenvalue weighted by molar-refractivity contribution is 5.67. The van der Waals surface area contributed by atoms with E-state index in [1.165, 1.54) is 0 Å². The molecule has 0 fully saturated rings. The van der Waals surface area contributed by atoms with Crippen LogP contribution in [0.3, 0.4) is 0 Å². The Bertz CT molecular complexity index is 718. The van der Waals surface area contributed by atoms with Crippen molar-refractivity contribution >= 4 is 11.8 Å². The summed E-state index contributed by atoms with van der Waals surface area (Å²) < 4.78 is 10.2. The van der Waals surface area contributed by atoms with Crippen molar-refractivity contribution in [3.05, 3.63) is 59.7 Å². The molecule has 0 aliphatic rings. The van der Waals surface area contributed by atoms with Crippen LogP contribution in [-0.2, 0) is 11.3 Å². The summed E-state index contributed by atoms with van der Waals surface area (Å²) in [7, 11) is 1.55. The summed E-state index contributed by atoms with van der Waals surface area (Å²) in [6.07, 6.45) is -0.502. The molecule has 0 atom stereocenters. The van der Waals surface area contributed by atoms with E-state index in [-0.39, 0.29) is 13.2 Å². The monoisotopic (exact) mass is 310 g/mol. The molecule has 2 rings (SSSR count). The molecule has 0 spiro atoms. The second kappa shape index (κ2) is 8.35. The van der Waals surface area contributed by atoms with Crippen LogP contribution in [0.1, 0.15) is 11.1 Å². The van der Waals surface area contributed by atoms with Crippen LogP contribution in [0.4, 0.5) is 10.5 Å². The fourth-order valence-corrected chi connectivity index (χ4v) is 1.83. The van der Waals surface area contributed by atoms with Crippen LogP contribution < -0.4 is 15.8 Å². The highest BCUT2D eigenvalue weighted by Gasteiger charge is 2.01. The number of methoxy groups -OCH3 is 1. The number of alkyl carbamates (subject to hydrolysis) is 1. The number of carbonyl (C=O) groups is 1. The van der Waals surface area contributed by atoms with Crippen molar-refractivity contribution in [3.63, 3.8) is 0 Å². The van der Waals surface area contributed by atoms with Gasteiger partial charge in [-0.25, -0.2) is 4.79 Å². The molecular weight excluding hydrogens is 292 g/mol. The van der Waals surface area contributed by atoms with Crippen molar-refractivity contribution < 1.29 is 14.3 Å². The van der Waals surface area contributed by atoms with Crippen molar-refractivity contribution in [1.82, 2.24) is 5.32 Å². The lowest BCUT2D eigenvalue weighted by molar-refractivity contribution is 0.141. The van der Waals surface area contributed by atoms with Gasteiger partial charge >= 0.3 is 6.09 Å². The number of carbonyl (C=O) groups excluding carboxylic acids is 1. The quantitative estimate of drug-likeness (QED) is 0.672. The molecule has 5 nitrogen and oxygen atoms in total. The maximum absolute atomic E-state index is 11.5. The van der Waals surface area contributed by atoms with E-state index in [1.807, 2.05) is 30.3 Å². The van der Waals surface area contributed by atoms with Crippen LogP contribution >= 0.6 is 0 Å². The first kappa shape index (κ1) is 16.2. The van der Waals surface area contributed by atoms with Crippen LogP contribution in [0.5, 0.6) is 5.75 Å². The van der Waals surface area contributed by atoms with E-state index in [0.29, 0.717) is 11.4 Å². The van der Waals surface area contributed by atoms with E-state index in [4.69, 9.17) is 15.2 Å². The Balaban J connectivity index is 1.77. The first-order chi connectivity index (χ1) is 11.2. The molecule has 2 aromatic carbocycles. The molecule has 3 N–H and O–H groups in total. The number of anilines is 1. The van der Waals surface area contributed by atoms with E-state index in [1.54, 1.807) is 25.3 Å². The number of nitrogens with one attached hydrogen (secondary N) is 1. The number of benzene rings is 2. The molecule has 5 heteroatoms. The zero-order valence-electron chi connectivity index (χ0n) is 12.8. The van der Waals surface area contributed by atoms with Gasteiger partial charge < -0.3 is 20.5 Å². The van der Waals surface area contributed by atoms with Gasteiger partial charge in [-0.1, -0.05) is 42.2 Å². The number of amides is 1. The largest absolute Gasteiger partial charge is 0.495 e. The summed E-state index contributed by atoms with van der Waals surface area (Å²) in [6.45, 7) is 0.426. The summed E-state index contributed by atoms with van der Waals surface area (Å²) in [4.78, 5) is 11.5. The number of rotatable bonds is 4. The average Bonchev–Trinajstić information content (AvgIpc) is 2.59. The Kier molecular flexibility index (Phi) is 5.89. The van der Waals surface area contributed by atoms with Crippen LogP contribution in [0.15, 0.2) is 48.5 Å². The van der Waals surface area contributed by atoms with E-state index < -0.39 is 6.09 Å². The van der Waals surface area contributed by atoms with Gasteiger partial charge in [-0.2, -0.15) is 0 Å². The second-order valence-electron chi connectivity index (χ2n) is 4.67. The van der Waals surface area contributed by atoms with E-state index >= 15 is 0 Å². The third-order valence-electron chi connectivity index (χ3n) is 3.00. The second-order valence-corrected chi connectivity index (χ2v) is 4.67. The molecule has 0 saturated carbocycles. The molecule has 0 aliphatic carbocycles. The van der Waals surface area contributed by atoms with Crippen LogP contribution in [0.25, 0.3) is 0 Å². The third kappa shape index (κ3) is 5.29. The molecule has 1 amide bonds. The van der Waals surface area contributed by atoms with Gasteiger partial charge in [-0.15, -0.1) is 0 Å². The Morgan fingerprint density at radius 1 is 1.22 bits per heavy atom. The lowest BCUT2D eigenvalue weighted by Crippen LogP contribution is -2.24. The van der Waals surface area contributed by atoms with Crippen molar-refractivity contribution in [2.45, 2.75) is 6.61 Å². The standard InChI is InChI=1S/C18H18N2O3/c1-22-17-12-14(9-10-16(17)19)8-5-11-20-18(21)23-13-15-6-3-2-4-7-15/h2-4,6-7,9-10,12H,11,13,19H2,1H3,(H,20,21).